The van der Waals surface area contributed by atoms with Crippen molar-refractivity contribution in [1.82, 2.24) is 0 Å². The van der Waals surface area contributed by atoms with Gasteiger partial charge in [0.2, 0.25) is 0 Å². The van der Waals surface area contributed by atoms with Crippen molar-refractivity contribution in [2.24, 2.45) is 0 Å². The average molecular weight is 389 g/mol. The van der Waals surface area contributed by atoms with Crippen molar-refractivity contribution in [2.75, 3.05) is 24.2 Å². The van der Waals surface area contributed by atoms with E-state index in [1.54, 1.807) is 31.2 Å². The molecular weight excluding hydrogens is 362 g/mol. The molecule has 5 nitrogen and oxygen atoms in total. The zero-order chi connectivity index (χ0) is 20.1. The minimum Gasteiger partial charge on any atom is -0.321 e. The number of hydrogen-bond acceptors (Lipinski definition) is 2. The Balaban J connectivity index is 1.96. The maximum atomic E-state index is 12.5. The van der Waals surface area contributed by atoms with Crippen LogP contribution in [0.5, 0.6) is 0 Å². The van der Waals surface area contributed by atoms with Gasteiger partial charge in [0.1, 0.15) is 0 Å². The normalized spacial score (nSPS) is 13.0. The number of anilines is 2. The standard InChI is InChI=1S/C21H26ClN3O2/c1-13-9-14(2)20(15(3)10-13)24-19(26)12-25(5)16(4)21(27)23-18-8-6-7-17(22)11-18/h6-11,16H,12H2,1-5H3,(H,23,27)(H,24,26)/p+1/t16-/m0/s1. The van der Waals surface area contributed by atoms with Gasteiger partial charge in [-0.3, -0.25) is 9.59 Å². The van der Waals surface area contributed by atoms with Gasteiger partial charge in [-0.05, 0) is 57.0 Å². The van der Waals surface area contributed by atoms with Crippen LogP contribution in [0.25, 0.3) is 0 Å². The van der Waals surface area contributed by atoms with Crippen LogP contribution in [0.3, 0.4) is 0 Å². The number of benzene rings is 2. The Bertz CT molecular complexity index is 828. The lowest BCUT2D eigenvalue weighted by atomic mass is 10.1. The molecule has 2 aromatic carbocycles. The van der Waals surface area contributed by atoms with Gasteiger partial charge >= 0.3 is 0 Å². The lowest BCUT2D eigenvalue weighted by molar-refractivity contribution is -0.885. The number of aryl methyl sites for hydroxylation is 3. The second-order valence-electron chi connectivity index (χ2n) is 7.07. The van der Waals surface area contributed by atoms with E-state index in [9.17, 15) is 9.59 Å². The molecule has 0 radical (unpaired) electrons. The second kappa shape index (κ2) is 9.02. The fourth-order valence-corrected chi connectivity index (χ4v) is 3.20. The van der Waals surface area contributed by atoms with Gasteiger partial charge < -0.3 is 15.5 Å². The molecule has 2 amide bonds. The SMILES string of the molecule is Cc1cc(C)c(NC(=O)C[NH+](C)[C@@H](C)C(=O)Nc2cccc(Cl)c2)c(C)c1. The van der Waals surface area contributed by atoms with E-state index in [4.69, 9.17) is 11.6 Å². The largest absolute Gasteiger partial charge is 0.321 e. The summed E-state index contributed by atoms with van der Waals surface area (Å²) in [6.45, 7) is 7.98. The molecule has 0 spiro atoms. The summed E-state index contributed by atoms with van der Waals surface area (Å²) in [6, 6.07) is 10.7. The minimum atomic E-state index is -0.394. The van der Waals surface area contributed by atoms with Crippen molar-refractivity contribution in [2.45, 2.75) is 33.7 Å². The highest BCUT2D eigenvalue weighted by Crippen LogP contribution is 2.21. The highest BCUT2D eigenvalue weighted by molar-refractivity contribution is 6.30. The summed E-state index contributed by atoms with van der Waals surface area (Å²) >= 11 is 5.94. The molecule has 0 fully saturated rings. The van der Waals surface area contributed by atoms with Crippen LogP contribution in [0.15, 0.2) is 36.4 Å². The van der Waals surface area contributed by atoms with Crippen molar-refractivity contribution in [1.29, 1.82) is 0 Å². The molecule has 0 heterocycles. The molecule has 0 aliphatic carbocycles. The molecular formula is C21H27ClN3O2+. The first-order chi connectivity index (χ1) is 12.7. The van der Waals surface area contributed by atoms with Gasteiger partial charge in [0.15, 0.2) is 12.6 Å². The van der Waals surface area contributed by atoms with Crippen LogP contribution >= 0.6 is 11.6 Å². The van der Waals surface area contributed by atoms with Crippen LogP contribution in [0, 0.1) is 20.8 Å². The summed E-state index contributed by atoms with van der Waals surface area (Å²) in [6.07, 6.45) is 0. The minimum absolute atomic E-state index is 0.120. The number of hydrogen-bond donors (Lipinski definition) is 3. The monoisotopic (exact) mass is 388 g/mol. The molecule has 0 aliphatic rings. The lowest BCUT2D eigenvalue weighted by Crippen LogP contribution is -3.14. The topological polar surface area (TPSA) is 62.6 Å². The van der Waals surface area contributed by atoms with Gasteiger partial charge in [0.25, 0.3) is 11.8 Å². The van der Waals surface area contributed by atoms with Crippen molar-refractivity contribution in [3.8, 4) is 0 Å². The van der Waals surface area contributed by atoms with Crippen LogP contribution in [0.2, 0.25) is 5.02 Å². The first-order valence-electron chi connectivity index (χ1n) is 8.94. The van der Waals surface area contributed by atoms with Gasteiger partial charge in [0, 0.05) is 16.4 Å². The molecule has 1 unspecified atom stereocenters. The molecule has 144 valence electrons. The van der Waals surface area contributed by atoms with E-state index in [0.29, 0.717) is 10.7 Å². The summed E-state index contributed by atoms with van der Waals surface area (Å²) in [5.74, 6) is -0.282. The van der Waals surface area contributed by atoms with E-state index in [2.05, 4.69) is 10.6 Å². The third kappa shape index (κ3) is 5.81. The molecule has 0 saturated heterocycles. The number of carbonyl (C=O) groups excluding carboxylic acids is 2. The Labute approximate surface area is 165 Å². The molecule has 2 atom stereocenters. The number of likely N-dealkylation sites (N-methyl/N-ethyl adjacent to an activating group) is 1. The van der Waals surface area contributed by atoms with Crippen LogP contribution < -0.4 is 15.5 Å². The van der Waals surface area contributed by atoms with E-state index in [0.717, 1.165) is 27.3 Å². The molecule has 0 aliphatic heterocycles. The van der Waals surface area contributed by atoms with Gasteiger partial charge in [0.05, 0.1) is 7.05 Å². The van der Waals surface area contributed by atoms with Crippen LogP contribution in [0.1, 0.15) is 23.6 Å². The Morgan fingerprint density at radius 3 is 2.30 bits per heavy atom. The maximum Gasteiger partial charge on any atom is 0.282 e. The van der Waals surface area contributed by atoms with Gasteiger partial charge in [-0.25, -0.2) is 0 Å². The molecule has 3 N–H and O–H groups in total. The van der Waals surface area contributed by atoms with Crippen molar-refractivity contribution < 1.29 is 14.5 Å². The smallest absolute Gasteiger partial charge is 0.282 e. The number of nitrogens with one attached hydrogen (secondary N) is 3. The fraction of sp³-hybridized carbons (Fsp3) is 0.333. The summed E-state index contributed by atoms with van der Waals surface area (Å²) < 4.78 is 0. The number of quaternary nitrogens is 1. The maximum absolute atomic E-state index is 12.5. The summed E-state index contributed by atoms with van der Waals surface area (Å²) in [5.41, 5.74) is 4.71. The first kappa shape index (κ1) is 20.9. The number of carbonyl (C=O) groups is 2. The third-order valence-corrected chi connectivity index (χ3v) is 4.84. The second-order valence-corrected chi connectivity index (χ2v) is 7.50. The van der Waals surface area contributed by atoms with Crippen LogP contribution in [-0.2, 0) is 9.59 Å². The first-order valence-corrected chi connectivity index (χ1v) is 9.31. The Morgan fingerprint density at radius 2 is 1.70 bits per heavy atom. The average Bonchev–Trinajstić information content (AvgIpc) is 2.57. The molecule has 2 rings (SSSR count). The molecule has 0 saturated carbocycles. The highest BCUT2D eigenvalue weighted by Gasteiger charge is 2.24. The molecule has 0 bridgehead atoms. The van der Waals surface area contributed by atoms with Crippen molar-refractivity contribution in [3.63, 3.8) is 0 Å². The summed E-state index contributed by atoms with van der Waals surface area (Å²) in [5, 5.41) is 6.37. The van der Waals surface area contributed by atoms with E-state index in [1.807, 2.05) is 40.0 Å². The van der Waals surface area contributed by atoms with Crippen molar-refractivity contribution in [3.05, 3.63) is 58.1 Å². The Morgan fingerprint density at radius 1 is 1.07 bits per heavy atom. The van der Waals surface area contributed by atoms with E-state index in [-0.39, 0.29) is 18.4 Å². The van der Waals surface area contributed by atoms with Gasteiger partial charge in [-0.1, -0.05) is 35.4 Å². The van der Waals surface area contributed by atoms with Crippen LogP contribution in [-0.4, -0.2) is 31.4 Å². The third-order valence-electron chi connectivity index (χ3n) is 4.61. The molecule has 0 aromatic heterocycles. The van der Waals surface area contributed by atoms with E-state index < -0.39 is 6.04 Å². The summed E-state index contributed by atoms with van der Waals surface area (Å²) in [4.78, 5) is 25.7. The molecule has 2 aromatic rings. The number of rotatable bonds is 6. The van der Waals surface area contributed by atoms with E-state index >= 15 is 0 Å². The number of amides is 2. The van der Waals surface area contributed by atoms with E-state index in [1.165, 1.54) is 0 Å². The van der Waals surface area contributed by atoms with Gasteiger partial charge in [-0.2, -0.15) is 0 Å². The molecule has 27 heavy (non-hydrogen) atoms. The van der Waals surface area contributed by atoms with Crippen molar-refractivity contribution >= 4 is 34.8 Å². The molecule has 6 heteroatoms. The highest BCUT2D eigenvalue weighted by atomic mass is 35.5. The quantitative estimate of drug-likeness (QED) is 0.712. The fourth-order valence-electron chi connectivity index (χ4n) is 3.01. The van der Waals surface area contributed by atoms with Gasteiger partial charge in [-0.15, -0.1) is 0 Å². The van der Waals surface area contributed by atoms with Crippen LogP contribution in [0.4, 0.5) is 11.4 Å². The number of halogens is 1. The Kier molecular flexibility index (Phi) is 6.99. The Hall–Kier alpha value is -2.37. The zero-order valence-corrected chi connectivity index (χ0v) is 17.2. The zero-order valence-electron chi connectivity index (χ0n) is 16.4. The predicted octanol–water partition coefficient (Wildman–Crippen LogP) is 2.75. The lowest BCUT2D eigenvalue weighted by Gasteiger charge is -2.21. The summed E-state index contributed by atoms with van der Waals surface area (Å²) in [7, 11) is 1.83. The predicted molar refractivity (Wildman–Crippen MR) is 111 cm³/mol.